The van der Waals surface area contributed by atoms with Crippen molar-refractivity contribution in [3.05, 3.63) is 30.3 Å². The van der Waals surface area contributed by atoms with Gasteiger partial charge in [0.25, 0.3) is 0 Å². The number of rotatable bonds is 3. The van der Waals surface area contributed by atoms with Crippen LogP contribution < -0.4 is 10.6 Å². The molecule has 1 fully saturated rings. The maximum Gasteiger partial charge on any atom is 0.222 e. The van der Waals surface area contributed by atoms with Crippen LogP contribution in [0.3, 0.4) is 0 Å². The van der Waals surface area contributed by atoms with Crippen molar-refractivity contribution in [2.45, 2.75) is 4.90 Å². The van der Waals surface area contributed by atoms with E-state index in [1.54, 1.807) is 11.8 Å². The van der Waals surface area contributed by atoms with Gasteiger partial charge in [-0.15, -0.1) is 11.8 Å². The number of thioether (sulfide) groups is 1. The number of nitrogen functional groups attached to an aromatic ring is 1. The molecule has 0 atom stereocenters. The van der Waals surface area contributed by atoms with Crippen LogP contribution in [0, 0.1) is 0 Å². The number of hydrogen-bond donors (Lipinski definition) is 1. The smallest absolute Gasteiger partial charge is 0.222 e. The highest BCUT2D eigenvalue weighted by Crippen LogP contribution is 2.30. The molecule has 1 aliphatic rings. The fourth-order valence-corrected chi connectivity index (χ4v) is 3.25. The summed E-state index contributed by atoms with van der Waals surface area (Å²) in [6.07, 6.45) is 2.07. The number of piperazine rings is 1. The molecule has 2 heterocycles. The van der Waals surface area contributed by atoms with Crippen LogP contribution in [0.15, 0.2) is 35.2 Å². The summed E-state index contributed by atoms with van der Waals surface area (Å²) in [5.74, 6) is 1.26. The van der Waals surface area contributed by atoms with Gasteiger partial charge < -0.3 is 15.5 Å². The van der Waals surface area contributed by atoms with Crippen LogP contribution in [-0.2, 0) is 0 Å². The third-order valence-corrected chi connectivity index (χ3v) is 4.74. The first kappa shape index (κ1) is 15.1. The Hall–Kier alpha value is -1.79. The van der Waals surface area contributed by atoms with E-state index in [1.165, 1.54) is 4.90 Å². The first-order chi connectivity index (χ1) is 10.7. The Morgan fingerprint density at radius 3 is 2.55 bits per heavy atom. The molecule has 0 bridgehead atoms. The average Bonchev–Trinajstić information content (AvgIpc) is 2.55. The fourth-order valence-electron chi connectivity index (χ4n) is 2.64. The van der Waals surface area contributed by atoms with Gasteiger partial charge in [-0.3, -0.25) is 0 Å². The van der Waals surface area contributed by atoms with Crippen LogP contribution in [0.5, 0.6) is 0 Å². The number of benzene rings is 1. The molecule has 1 saturated heterocycles. The highest BCUT2D eigenvalue weighted by Gasteiger charge is 2.17. The van der Waals surface area contributed by atoms with E-state index < -0.39 is 0 Å². The second-order valence-electron chi connectivity index (χ2n) is 5.46. The first-order valence-corrected chi connectivity index (χ1v) is 8.61. The first-order valence-electron chi connectivity index (χ1n) is 7.39. The van der Waals surface area contributed by atoms with Gasteiger partial charge >= 0.3 is 0 Å². The van der Waals surface area contributed by atoms with Gasteiger partial charge in [0.15, 0.2) is 0 Å². The SMILES string of the molecule is CSc1ccccc1-c1cc(N2CCN(C)CC2)nc(N)n1. The largest absolute Gasteiger partial charge is 0.368 e. The highest BCUT2D eigenvalue weighted by molar-refractivity contribution is 7.98. The molecule has 116 valence electrons. The number of nitrogens with zero attached hydrogens (tertiary/aromatic N) is 4. The zero-order valence-electron chi connectivity index (χ0n) is 13.0. The van der Waals surface area contributed by atoms with Crippen molar-refractivity contribution in [3.63, 3.8) is 0 Å². The van der Waals surface area contributed by atoms with E-state index in [9.17, 15) is 0 Å². The summed E-state index contributed by atoms with van der Waals surface area (Å²) in [5, 5.41) is 0. The quantitative estimate of drug-likeness (QED) is 0.876. The van der Waals surface area contributed by atoms with E-state index in [0.29, 0.717) is 5.95 Å². The summed E-state index contributed by atoms with van der Waals surface area (Å²) in [6, 6.07) is 10.3. The molecule has 1 aliphatic heterocycles. The monoisotopic (exact) mass is 315 g/mol. The summed E-state index contributed by atoms with van der Waals surface area (Å²) in [7, 11) is 2.14. The third kappa shape index (κ3) is 3.18. The number of likely N-dealkylation sites (N-methyl/N-ethyl adjacent to an activating group) is 1. The molecular formula is C16H21N5S. The van der Waals surface area contributed by atoms with Crippen LogP contribution in [0.1, 0.15) is 0 Å². The van der Waals surface area contributed by atoms with Crippen molar-refractivity contribution < 1.29 is 0 Å². The highest BCUT2D eigenvalue weighted by atomic mass is 32.2. The Bertz CT molecular complexity index is 653. The number of aromatic nitrogens is 2. The van der Waals surface area contributed by atoms with Gasteiger partial charge in [-0.2, -0.15) is 4.98 Å². The molecule has 0 saturated carbocycles. The lowest BCUT2D eigenvalue weighted by atomic mass is 10.1. The maximum atomic E-state index is 5.96. The van der Waals surface area contributed by atoms with E-state index in [4.69, 9.17) is 5.73 Å². The van der Waals surface area contributed by atoms with E-state index in [1.807, 2.05) is 12.1 Å². The van der Waals surface area contributed by atoms with Gasteiger partial charge in [0.05, 0.1) is 5.69 Å². The van der Waals surface area contributed by atoms with Crippen LogP contribution in [0.25, 0.3) is 11.3 Å². The van der Waals surface area contributed by atoms with E-state index in [-0.39, 0.29) is 0 Å². The molecule has 6 heteroatoms. The lowest BCUT2D eigenvalue weighted by molar-refractivity contribution is 0.312. The molecule has 2 N–H and O–H groups in total. The van der Waals surface area contributed by atoms with Crippen LogP contribution >= 0.6 is 11.8 Å². The topological polar surface area (TPSA) is 58.3 Å². The predicted molar refractivity (Wildman–Crippen MR) is 93.4 cm³/mol. The standard InChI is InChI=1S/C16H21N5S/c1-20-7-9-21(10-8-20)15-11-13(18-16(17)19-15)12-5-3-4-6-14(12)22-2/h3-6,11H,7-10H2,1-2H3,(H2,17,18,19). The van der Waals surface area contributed by atoms with E-state index in [2.05, 4.69) is 51.3 Å². The minimum atomic E-state index is 0.335. The third-order valence-electron chi connectivity index (χ3n) is 3.94. The average molecular weight is 315 g/mol. The van der Waals surface area contributed by atoms with Gasteiger partial charge in [0.1, 0.15) is 5.82 Å². The van der Waals surface area contributed by atoms with Gasteiger partial charge in [-0.05, 0) is 19.4 Å². The van der Waals surface area contributed by atoms with Crippen molar-refractivity contribution in [2.75, 3.05) is 50.1 Å². The van der Waals surface area contributed by atoms with Crippen molar-refractivity contribution in [1.82, 2.24) is 14.9 Å². The predicted octanol–water partition coefficient (Wildman–Crippen LogP) is 2.20. The molecule has 2 aromatic rings. The zero-order valence-corrected chi connectivity index (χ0v) is 13.8. The van der Waals surface area contributed by atoms with Crippen molar-refractivity contribution in [2.24, 2.45) is 0 Å². The van der Waals surface area contributed by atoms with Crippen molar-refractivity contribution >= 4 is 23.5 Å². The lowest BCUT2D eigenvalue weighted by Crippen LogP contribution is -2.44. The Labute approximate surface area is 135 Å². The second kappa shape index (κ2) is 6.54. The summed E-state index contributed by atoms with van der Waals surface area (Å²) < 4.78 is 0. The lowest BCUT2D eigenvalue weighted by Gasteiger charge is -2.33. The van der Waals surface area contributed by atoms with Crippen molar-refractivity contribution in [3.8, 4) is 11.3 Å². The number of nitrogens with two attached hydrogens (primary N) is 1. The Morgan fingerprint density at radius 2 is 1.82 bits per heavy atom. The van der Waals surface area contributed by atoms with Crippen LogP contribution in [-0.4, -0.2) is 54.4 Å². The Kier molecular flexibility index (Phi) is 4.49. The zero-order chi connectivity index (χ0) is 15.5. The summed E-state index contributed by atoms with van der Waals surface area (Å²) in [6.45, 7) is 4.02. The van der Waals surface area contributed by atoms with Gasteiger partial charge in [-0.25, -0.2) is 4.98 Å². The van der Waals surface area contributed by atoms with Crippen LogP contribution in [0.2, 0.25) is 0 Å². The molecule has 5 nitrogen and oxygen atoms in total. The minimum Gasteiger partial charge on any atom is -0.368 e. The van der Waals surface area contributed by atoms with Gasteiger partial charge in [0.2, 0.25) is 5.95 Å². The summed E-state index contributed by atoms with van der Waals surface area (Å²) >= 11 is 1.72. The maximum absolute atomic E-state index is 5.96. The molecule has 0 spiro atoms. The van der Waals surface area contributed by atoms with Crippen molar-refractivity contribution in [1.29, 1.82) is 0 Å². The molecule has 0 radical (unpaired) electrons. The van der Waals surface area contributed by atoms with E-state index >= 15 is 0 Å². The molecule has 0 amide bonds. The molecular weight excluding hydrogens is 294 g/mol. The fraction of sp³-hybridized carbons (Fsp3) is 0.375. The molecule has 0 unspecified atom stereocenters. The molecule has 1 aromatic heterocycles. The minimum absolute atomic E-state index is 0.335. The summed E-state index contributed by atoms with van der Waals surface area (Å²) in [4.78, 5) is 14.7. The van der Waals surface area contributed by atoms with Gasteiger partial charge in [0, 0.05) is 42.7 Å². The summed E-state index contributed by atoms with van der Waals surface area (Å²) in [5.41, 5.74) is 7.96. The number of hydrogen-bond acceptors (Lipinski definition) is 6. The number of anilines is 2. The Morgan fingerprint density at radius 1 is 1.09 bits per heavy atom. The normalized spacial score (nSPS) is 16.0. The second-order valence-corrected chi connectivity index (χ2v) is 6.31. The molecule has 0 aliphatic carbocycles. The van der Waals surface area contributed by atoms with Crippen LogP contribution in [0.4, 0.5) is 11.8 Å². The Balaban J connectivity index is 1.96. The molecule has 22 heavy (non-hydrogen) atoms. The molecule has 3 rings (SSSR count). The molecule has 1 aromatic carbocycles. The van der Waals surface area contributed by atoms with Gasteiger partial charge in [-0.1, -0.05) is 18.2 Å². The van der Waals surface area contributed by atoms with E-state index in [0.717, 1.165) is 43.3 Å².